The number of nitrogens with zero attached hydrogens (tertiary/aromatic N) is 2. The van der Waals surface area contributed by atoms with Gasteiger partial charge in [-0.15, -0.1) is 0 Å². The van der Waals surface area contributed by atoms with Gasteiger partial charge in [0.1, 0.15) is 11.7 Å². The third-order valence-corrected chi connectivity index (χ3v) is 6.17. The summed E-state index contributed by atoms with van der Waals surface area (Å²) in [5.74, 6) is 0.445. The highest BCUT2D eigenvalue weighted by Crippen LogP contribution is 2.24. The number of hydrogen-bond acceptors (Lipinski definition) is 1. The molecule has 2 aliphatic rings. The molecule has 1 saturated heterocycles. The van der Waals surface area contributed by atoms with Crippen LogP contribution in [0.25, 0.3) is 12.2 Å². The van der Waals surface area contributed by atoms with Crippen molar-refractivity contribution in [3.8, 4) is 0 Å². The lowest BCUT2D eigenvalue weighted by Gasteiger charge is -2.19. The summed E-state index contributed by atoms with van der Waals surface area (Å²) in [4.78, 5) is 1.99. The number of rotatable bonds is 5. The van der Waals surface area contributed by atoms with Crippen molar-refractivity contribution < 1.29 is 4.39 Å². The van der Waals surface area contributed by atoms with E-state index < -0.39 is 0 Å². The van der Waals surface area contributed by atoms with Crippen molar-refractivity contribution in [3.63, 3.8) is 0 Å². The number of hydrogen-bond donors (Lipinski definition) is 1. The zero-order chi connectivity index (χ0) is 20.4. The van der Waals surface area contributed by atoms with Crippen molar-refractivity contribution in [1.82, 2.24) is 9.47 Å². The molecule has 1 aromatic heterocycles. The molecule has 2 heterocycles. The fourth-order valence-electron chi connectivity index (χ4n) is 4.25. The highest BCUT2D eigenvalue weighted by Gasteiger charge is 2.19. The molecule has 0 saturated carbocycles. The summed E-state index contributed by atoms with van der Waals surface area (Å²) < 4.78 is 17.0. The fraction of sp³-hybridized carbons (Fsp3) is 0.375. The zero-order valence-corrected chi connectivity index (χ0v) is 17.6. The van der Waals surface area contributed by atoms with Gasteiger partial charge in [0, 0.05) is 40.8 Å². The molecule has 0 amide bonds. The van der Waals surface area contributed by atoms with Crippen molar-refractivity contribution >= 4 is 29.6 Å². The predicted molar refractivity (Wildman–Crippen MR) is 118 cm³/mol. The first-order valence-corrected chi connectivity index (χ1v) is 10.8. The molecule has 1 unspecified atom stereocenters. The van der Waals surface area contributed by atoms with E-state index in [9.17, 15) is 4.39 Å². The number of benzene rings is 1. The molecule has 0 spiro atoms. The van der Waals surface area contributed by atoms with E-state index in [1.165, 1.54) is 11.3 Å². The summed E-state index contributed by atoms with van der Waals surface area (Å²) in [7, 11) is 0. The summed E-state index contributed by atoms with van der Waals surface area (Å²) in [6.07, 6.45) is 15.1. The molecule has 29 heavy (non-hydrogen) atoms. The van der Waals surface area contributed by atoms with E-state index in [0.29, 0.717) is 34.4 Å². The first kappa shape index (κ1) is 20.0. The van der Waals surface area contributed by atoms with Gasteiger partial charge in [0.15, 0.2) is 0 Å². The normalized spacial score (nSPS) is 18.2. The number of amidine groups is 1. The molecule has 1 fully saturated rings. The first-order valence-electron chi connectivity index (χ1n) is 10.4. The van der Waals surface area contributed by atoms with Crippen LogP contribution in [-0.2, 0) is 6.54 Å². The Morgan fingerprint density at radius 1 is 1.28 bits per heavy atom. The van der Waals surface area contributed by atoms with E-state index in [2.05, 4.69) is 37.3 Å². The maximum atomic E-state index is 15.0. The Hall–Kier alpha value is -2.33. The van der Waals surface area contributed by atoms with Gasteiger partial charge in [0.25, 0.3) is 0 Å². The molecular formula is C24H27ClFN3. The van der Waals surface area contributed by atoms with Gasteiger partial charge in [-0.3, -0.25) is 5.41 Å². The Morgan fingerprint density at radius 3 is 2.79 bits per heavy atom. The highest BCUT2D eigenvalue weighted by atomic mass is 35.5. The average molecular weight is 412 g/mol. The van der Waals surface area contributed by atoms with Crippen LogP contribution in [0.1, 0.15) is 43.7 Å². The van der Waals surface area contributed by atoms with Crippen molar-refractivity contribution in [1.29, 1.82) is 5.41 Å². The predicted octanol–water partition coefficient (Wildman–Crippen LogP) is 4.30. The van der Waals surface area contributed by atoms with E-state index in [0.717, 1.165) is 44.1 Å². The van der Waals surface area contributed by atoms with Crippen LogP contribution in [0, 0.1) is 17.1 Å². The molecule has 5 heteroatoms. The summed E-state index contributed by atoms with van der Waals surface area (Å²) in [5.41, 5.74) is 1.02. The minimum absolute atomic E-state index is 0.351. The largest absolute Gasteiger partial charge is 0.357 e. The molecule has 3 nitrogen and oxygen atoms in total. The molecule has 0 radical (unpaired) electrons. The number of aromatic nitrogens is 1. The minimum Gasteiger partial charge on any atom is -0.357 e. The molecule has 0 bridgehead atoms. The molecule has 1 aliphatic carbocycles. The molecule has 2 aromatic rings. The van der Waals surface area contributed by atoms with Crippen LogP contribution in [0.3, 0.4) is 0 Å². The van der Waals surface area contributed by atoms with Crippen molar-refractivity contribution in [2.75, 3.05) is 13.1 Å². The van der Waals surface area contributed by atoms with Gasteiger partial charge in [-0.05, 0) is 54.7 Å². The number of allylic oxidation sites excluding steroid dienone is 2. The standard InChI is InChI=1S/C24H27ClFN3/c1-2-6-17-7-5-8-23-18(13-17)9-12-29(23)16-20-21(25)14-19(15-22(20)26)24(27)28-10-3-4-11-28/h5,7-9,12-15,17,27H,2-4,6,10-11,16H2,1H3. The molecule has 1 atom stereocenters. The third kappa shape index (κ3) is 4.18. The van der Waals surface area contributed by atoms with Gasteiger partial charge in [0.2, 0.25) is 0 Å². The number of halogens is 2. The number of nitrogens with one attached hydrogen (secondary N) is 1. The SMILES string of the molecule is CCCC1C=CC=c2c(ccn2Cc2c(F)cc(C(=N)N3CCCC3)cc2Cl)=C1. The smallest absolute Gasteiger partial charge is 0.130 e. The summed E-state index contributed by atoms with van der Waals surface area (Å²) in [6, 6.07) is 5.28. The van der Waals surface area contributed by atoms with Gasteiger partial charge in [-0.25, -0.2) is 4.39 Å². The average Bonchev–Trinajstić information content (AvgIpc) is 3.31. The quantitative estimate of drug-likeness (QED) is 0.577. The third-order valence-electron chi connectivity index (χ3n) is 5.83. The van der Waals surface area contributed by atoms with Gasteiger partial charge < -0.3 is 9.47 Å². The molecular weight excluding hydrogens is 385 g/mol. The van der Waals surface area contributed by atoms with E-state index in [1.54, 1.807) is 6.07 Å². The first-order chi connectivity index (χ1) is 14.1. The molecule has 1 aromatic carbocycles. The number of fused-ring (bicyclic) bond motifs is 1. The van der Waals surface area contributed by atoms with Crippen LogP contribution < -0.4 is 10.6 Å². The molecule has 152 valence electrons. The Balaban J connectivity index is 1.63. The van der Waals surface area contributed by atoms with Crippen LogP contribution in [-0.4, -0.2) is 28.4 Å². The van der Waals surface area contributed by atoms with Crippen LogP contribution >= 0.6 is 11.6 Å². The Morgan fingerprint density at radius 2 is 2.07 bits per heavy atom. The molecule has 1 aliphatic heterocycles. The van der Waals surface area contributed by atoms with E-state index in [-0.39, 0.29) is 5.82 Å². The Bertz CT molecular complexity index is 1040. The Labute approximate surface area is 176 Å². The maximum Gasteiger partial charge on any atom is 0.130 e. The van der Waals surface area contributed by atoms with E-state index >= 15 is 0 Å². The van der Waals surface area contributed by atoms with Crippen molar-refractivity contribution in [2.45, 2.75) is 39.2 Å². The topological polar surface area (TPSA) is 32.0 Å². The maximum absolute atomic E-state index is 15.0. The van der Waals surface area contributed by atoms with Crippen LogP contribution in [0.2, 0.25) is 5.02 Å². The van der Waals surface area contributed by atoms with Gasteiger partial charge in [-0.2, -0.15) is 0 Å². The highest BCUT2D eigenvalue weighted by molar-refractivity contribution is 6.31. The van der Waals surface area contributed by atoms with Crippen molar-refractivity contribution in [3.05, 3.63) is 69.1 Å². The summed E-state index contributed by atoms with van der Waals surface area (Å²) in [6.45, 7) is 4.27. The molecule has 1 N–H and O–H groups in total. The zero-order valence-electron chi connectivity index (χ0n) is 16.8. The second-order valence-corrected chi connectivity index (χ2v) is 8.32. The van der Waals surface area contributed by atoms with Crippen LogP contribution in [0.4, 0.5) is 4.39 Å². The Kier molecular flexibility index (Phi) is 5.91. The number of likely N-dealkylation sites (tertiary alicyclic amines) is 1. The van der Waals surface area contributed by atoms with E-state index in [4.69, 9.17) is 17.0 Å². The van der Waals surface area contributed by atoms with Gasteiger partial charge in [0.05, 0.1) is 6.54 Å². The monoisotopic (exact) mass is 411 g/mol. The molecule has 4 rings (SSSR count). The van der Waals surface area contributed by atoms with E-state index in [1.807, 2.05) is 15.7 Å². The second kappa shape index (κ2) is 8.58. The van der Waals surface area contributed by atoms with Crippen molar-refractivity contribution in [2.24, 2.45) is 5.92 Å². The summed E-state index contributed by atoms with van der Waals surface area (Å²) in [5, 5.41) is 11.0. The summed E-state index contributed by atoms with van der Waals surface area (Å²) >= 11 is 6.48. The minimum atomic E-state index is -0.351. The second-order valence-electron chi connectivity index (χ2n) is 7.92. The lowest BCUT2D eigenvalue weighted by molar-refractivity contribution is 0.516. The van der Waals surface area contributed by atoms with Crippen LogP contribution in [0.15, 0.2) is 36.5 Å². The van der Waals surface area contributed by atoms with Crippen LogP contribution in [0.5, 0.6) is 0 Å². The lowest BCUT2D eigenvalue weighted by Crippen LogP contribution is -2.30. The fourth-order valence-corrected chi connectivity index (χ4v) is 4.51. The van der Waals surface area contributed by atoms with Gasteiger partial charge >= 0.3 is 0 Å². The lowest BCUT2D eigenvalue weighted by atomic mass is 10.0. The van der Waals surface area contributed by atoms with Gasteiger partial charge in [-0.1, -0.05) is 43.2 Å².